The highest BCUT2D eigenvalue weighted by molar-refractivity contribution is 5.94. The summed E-state index contributed by atoms with van der Waals surface area (Å²) in [4.78, 5) is 23.9. The number of amides is 1. The number of esters is 1. The van der Waals surface area contributed by atoms with Gasteiger partial charge < -0.3 is 20.1 Å². The Hall–Kier alpha value is -3.02. The van der Waals surface area contributed by atoms with Crippen LogP contribution in [0.15, 0.2) is 48.5 Å². The van der Waals surface area contributed by atoms with Crippen molar-refractivity contribution in [2.45, 2.75) is 33.6 Å². The Bertz CT molecular complexity index is 770. The van der Waals surface area contributed by atoms with Crippen LogP contribution in [-0.2, 0) is 9.53 Å². The number of carbonyl (C=O) groups is 2. The Morgan fingerprint density at radius 3 is 2.21 bits per heavy atom. The van der Waals surface area contributed by atoms with Gasteiger partial charge in [0, 0.05) is 11.4 Å². The molecule has 1 amide bonds. The molecule has 0 spiro atoms. The van der Waals surface area contributed by atoms with Gasteiger partial charge >= 0.3 is 5.97 Å². The third-order valence-corrected chi connectivity index (χ3v) is 4.11. The van der Waals surface area contributed by atoms with Crippen molar-refractivity contribution in [2.24, 2.45) is 5.92 Å². The maximum Gasteiger partial charge on any atom is 0.338 e. The fraction of sp³-hybridized carbons (Fsp3) is 0.391. The number of carbonyl (C=O) groups excluding carboxylic acids is 2. The summed E-state index contributed by atoms with van der Waals surface area (Å²) in [7, 11) is 0. The summed E-state index contributed by atoms with van der Waals surface area (Å²) >= 11 is 0. The minimum atomic E-state index is -0.340. The van der Waals surface area contributed by atoms with Crippen LogP contribution in [0.2, 0.25) is 0 Å². The second-order valence-electron chi connectivity index (χ2n) is 7.17. The number of hydrogen-bond acceptors (Lipinski definition) is 5. The monoisotopic (exact) mass is 398 g/mol. The van der Waals surface area contributed by atoms with E-state index in [0.717, 1.165) is 24.3 Å². The number of anilines is 2. The van der Waals surface area contributed by atoms with Gasteiger partial charge in [0.15, 0.2) is 0 Å². The van der Waals surface area contributed by atoms with Crippen molar-refractivity contribution in [2.75, 3.05) is 30.4 Å². The number of ether oxygens (including phenoxy) is 2. The van der Waals surface area contributed by atoms with Gasteiger partial charge in [-0.2, -0.15) is 0 Å². The van der Waals surface area contributed by atoms with Crippen LogP contribution in [-0.4, -0.2) is 31.6 Å². The summed E-state index contributed by atoms with van der Waals surface area (Å²) in [6, 6.07) is 14.2. The zero-order valence-corrected chi connectivity index (χ0v) is 17.4. The first kappa shape index (κ1) is 22.3. The average molecular weight is 399 g/mol. The van der Waals surface area contributed by atoms with Gasteiger partial charge in [0.1, 0.15) is 5.75 Å². The van der Waals surface area contributed by atoms with E-state index >= 15 is 0 Å². The average Bonchev–Trinajstić information content (AvgIpc) is 2.72. The van der Waals surface area contributed by atoms with Crippen molar-refractivity contribution in [3.63, 3.8) is 0 Å². The first-order valence-corrected chi connectivity index (χ1v) is 10.0. The second-order valence-corrected chi connectivity index (χ2v) is 7.17. The lowest BCUT2D eigenvalue weighted by Gasteiger charge is -2.10. The maximum atomic E-state index is 12.1. The standard InChI is InChI=1S/C23H30N2O4/c1-4-14-29-23(27)18-5-7-19(8-6-18)24-16-22(26)25-20-9-11-21(12-10-20)28-15-13-17(2)3/h5-12,17,24H,4,13-16H2,1-3H3,(H,25,26). The predicted molar refractivity (Wildman–Crippen MR) is 116 cm³/mol. The van der Waals surface area contributed by atoms with E-state index in [9.17, 15) is 9.59 Å². The van der Waals surface area contributed by atoms with Gasteiger partial charge in [-0.05, 0) is 67.3 Å². The molecule has 2 aromatic rings. The SMILES string of the molecule is CCCOC(=O)c1ccc(NCC(=O)Nc2ccc(OCCC(C)C)cc2)cc1. The van der Waals surface area contributed by atoms with Gasteiger partial charge in [-0.3, -0.25) is 4.79 Å². The van der Waals surface area contributed by atoms with Crippen LogP contribution in [0, 0.1) is 5.92 Å². The Morgan fingerprint density at radius 2 is 1.59 bits per heavy atom. The third-order valence-electron chi connectivity index (χ3n) is 4.11. The van der Waals surface area contributed by atoms with E-state index in [2.05, 4.69) is 24.5 Å². The Balaban J connectivity index is 1.75. The minimum absolute atomic E-state index is 0.117. The number of nitrogens with one attached hydrogen (secondary N) is 2. The van der Waals surface area contributed by atoms with Crippen molar-refractivity contribution in [1.29, 1.82) is 0 Å². The maximum absolute atomic E-state index is 12.1. The Kier molecular flexibility index (Phi) is 9.02. The van der Waals surface area contributed by atoms with E-state index in [1.165, 1.54) is 0 Å². The van der Waals surface area contributed by atoms with Crippen LogP contribution >= 0.6 is 0 Å². The van der Waals surface area contributed by atoms with E-state index in [0.29, 0.717) is 30.4 Å². The zero-order chi connectivity index (χ0) is 21.1. The summed E-state index contributed by atoms with van der Waals surface area (Å²) in [6.45, 7) is 7.47. The quantitative estimate of drug-likeness (QED) is 0.535. The van der Waals surface area contributed by atoms with Crippen molar-refractivity contribution in [3.8, 4) is 5.75 Å². The second kappa shape index (κ2) is 11.7. The van der Waals surface area contributed by atoms with E-state index in [-0.39, 0.29) is 18.4 Å². The molecule has 0 aliphatic carbocycles. The molecule has 0 radical (unpaired) electrons. The van der Waals surface area contributed by atoms with E-state index in [1.807, 2.05) is 31.2 Å². The fourth-order valence-electron chi connectivity index (χ4n) is 2.44. The van der Waals surface area contributed by atoms with Crippen LogP contribution in [0.25, 0.3) is 0 Å². The van der Waals surface area contributed by atoms with Crippen molar-refractivity contribution < 1.29 is 19.1 Å². The zero-order valence-electron chi connectivity index (χ0n) is 17.4. The van der Waals surface area contributed by atoms with Gasteiger partial charge in [-0.25, -0.2) is 4.79 Å². The molecule has 156 valence electrons. The molecule has 0 saturated carbocycles. The first-order valence-electron chi connectivity index (χ1n) is 10.0. The number of hydrogen-bond donors (Lipinski definition) is 2. The molecule has 0 aromatic heterocycles. The van der Waals surface area contributed by atoms with E-state index in [4.69, 9.17) is 9.47 Å². The van der Waals surface area contributed by atoms with Crippen LogP contribution < -0.4 is 15.4 Å². The van der Waals surface area contributed by atoms with Gasteiger partial charge in [0.25, 0.3) is 0 Å². The van der Waals surface area contributed by atoms with Crippen LogP contribution in [0.4, 0.5) is 11.4 Å². The largest absolute Gasteiger partial charge is 0.494 e. The van der Waals surface area contributed by atoms with Gasteiger partial charge in [-0.15, -0.1) is 0 Å². The van der Waals surface area contributed by atoms with Crippen LogP contribution in [0.1, 0.15) is 44.0 Å². The summed E-state index contributed by atoms with van der Waals surface area (Å²) in [5, 5.41) is 5.87. The summed E-state index contributed by atoms with van der Waals surface area (Å²) in [6.07, 6.45) is 1.79. The lowest BCUT2D eigenvalue weighted by molar-refractivity contribution is -0.114. The molecule has 29 heavy (non-hydrogen) atoms. The molecule has 0 aliphatic heterocycles. The molecular formula is C23H30N2O4. The molecule has 6 nitrogen and oxygen atoms in total. The summed E-state index contributed by atoms with van der Waals surface area (Å²) < 4.78 is 10.8. The third kappa shape index (κ3) is 8.25. The topological polar surface area (TPSA) is 76.7 Å². The van der Waals surface area contributed by atoms with E-state index < -0.39 is 0 Å². The molecule has 0 heterocycles. The molecule has 2 rings (SSSR count). The van der Waals surface area contributed by atoms with Crippen LogP contribution in [0.3, 0.4) is 0 Å². The molecule has 2 aromatic carbocycles. The Labute approximate surface area is 172 Å². The molecule has 0 saturated heterocycles. The molecular weight excluding hydrogens is 368 g/mol. The predicted octanol–water partition coefficient (Wildman–Crippen LogP) is 4.73. The Morgan fingerprint density at radius 1 is 0.931 bits per heavy atom. The molecule has 0 fully saturated rings. The lowest BCUT2D eigenvalue weighted by Crippen LogP contribution is -2.21. The fourth-order valence-corrected chi connectivity index (χ4v) is 2.44. The van der Waals surface area contributed by atoms with Crippen molar-refractivity contribution in [3.05, 3.63) is 54.1 Å². The molecule has 6 heteroatoms. The lowest BCUT2D eigenvalue weighted by atomic mass is 10.1. The first-order chi connectivity index (χ1) is 14.0. The normalized spacial score (nSPS) is 10.5. The van der Waals surface area contributed by atoms with Crippen molar-refractivity contribution >= 4 is 23.3 Å². The van der Waals surface area contributed by atoms with Gasteiger partial charge in [0.2, 0.25) is 5.91 Å². The summed E-state index contributed by atoms with van der Waals surface area (Å²) in [5.74, 6) is 0.893. The highest BCUT2D eigenvalue weighted by atomic mass is 16.5. The molecule has 0 aliphatic rings. The molecule has 0 unspecified atom stereocenters. The summed E-state index contributed by atoms with van der Waals surface area (Å²) in [5.41, 5.74) is 1.95. The van der Waals surface area contributed by atoms with Crippen LogP contribution in [0.5, 0.6) is 5.75 Å². The van der Waals surface area contributed by atoms with Gasteiger partial charge in [0.05, 0.1) is 25.3 Å². The highest BCUT2D eigenvalue weighted by Crippen LogP contribution is 2.16. The highest BCUT2D eigenvalue weighted by Gasteiger charge is 2.07. The van der Waals surface area contributed by atoms with Gasteiger partial charge in [-0.1, -0.05) is 20.8 Å². The molecule has 0 bridgehead atoms. The van der Waals surface area contributed by atoms with Crippen molar-refractivity contribution in [1.82, 2.24) is 0 Å². The molecule has 2 N–H and O–H groups in total. The van der Waals surface area contributed by atoms with E-state index in [1.54, 1.807) is 24.3 Å². The number of benzene rings is 2. The minimum Gasteiger partial charge on any atom is -0.494 e. The number of rotatable bonds is 11. The molecule has 0 atom stereocenters. The smallest absolute Gasteiger partial charge is 0.338 e.